The lowest BCUT2D eigenvalue weighted by molar-refractivity contribution is 0.0730. The molecule has 5 rings (SSSR count). The van der Waals surface area contributed by atoms with E-state index in [1.54, 1.807) is 4.31 Å². The molecule has 2 aromatic carbocycles. The summed E-state index contributed by atoms with van der Waals surface area (Å²) < 4.78 is 35.7. The van der Waals surface area contributed by atoms with Crippen LogP contribution in [-0.4, -0.2) is 43.2 Å². The summed E-state index contributed by atoms with van der Waals surface area (Å²) in [5.41, 5.74) is 4.80. The Morgan fingerprint density at radius 1 is 0.912 bits per heavy atom. The van der Waals surface area contributed by atoms with Crippen LogP contribution in [0.15, 0.2) is 39.6 Å². The van der Waals surface area contributed by atoms with Gasteiger partial charge in [-0.25, -0.2) is 8.42 Å². The smallest absolute Gasteiger partial charge is 0.289 e. The van der Waals surface area contributed by atoms with Crippen LogP contribution >= 0.6 is 0 Å². The molecule has 1 fully saturated rings. The van der Waals surface area contributed by atoms with Crippen molar-refractivity contribution in [3.63, 3.8) is 0 Å². The fraction of sp³-hybridized carbons (Fsp3) is 0.444. The first kappa shape index (κ1) is 23.1. The predicted molar refractivity (Wildman–Crippen MR) is 133 cm³/mol. The number of nitrogens with zero attached hydrogens (tertiary/aromatic N) is 2. The normalized spacial score (nSPS) is 17.6. The van der Waals surface area contributed by atoms with Crippen molar-refractivity contribution in [1.82, 2.24) is 9.21 Å². The van der Waals surface area contributed by atoms with E-state index >= 15 is 0 Å². The Balaban J connectivity index is 1.60. The number of carbonyl (C=O) groups is 1. The van der Waals surface area contributed by atoms with Crippen molar-refractivity contribution >= 4 is 26.9 Å². The van der Waals surface area contributed by atoms with Crippen LogP contribution in [-0.2, 0) is 23.0 Å². The molecule has 7 heteroatoms. The molecule has 1 saturated heterocycles. The Bertz CT molecular complexity index is 1370. The maximum atomic E-state index is 14.0. The summed E-state index contributed by atoms with van der Waals surface area (Å²) in [5.74, 6) is 0.128. The number of fused-ring (bicyclic) bond motifs is 2. The summed E-state index contributed by atoms with van der Waals surface area (Å²) in [4.78, 5) is 15.4. The Hall–Kier alpha value is -2.64. The van der Waals surface area contributed by atoms with E-state index < -0.39 is 10.0 Å². The largest absolute Gasteiger partial charge is 0.449 e. The second kappa shape index (κ2) is 8.86. The molecule has 3 aromatic rings. The third-order valence-electron chi connectivity index (χ3n) is 7.47. The van der Waals surface area contributed by atoms with Gasteiger partial charge in [0.25, 0.3) is 5.91 Å². The lowest BCUT2D eigenvalue weighted by Crippen LogP contribution is -2.36. The van der Waals surface area contributed by atoms with Gasteiger partial charge in [0.1, 0.15) is 4.90 Å². The number of aryl methyl sites for hydroxylation is 2. The molecule has 0 unspecified atom stereocenters. The maximum Gasteiger partial charge on any atom is 0.289 e. The molecule has 2 aliphatic rings. The van der Waals surface area contributed by atoms with Gasteiger partial charge in [0.05, 0.1) is 0 Å². The van der Waals surface area contributed by atoms with E-state index in [0.29, 0.717) is 54.7 Å². The van der Waals surface area contributed by atoms with Gasteiger partial charge in [-0.1, -0.05) is 37.1 Å². The van der Waals surface area contributed by atoms with Gasteiger partial charge in [0.2, 0.25) is 10.0 Å². The summed E-state index contributed by atoms with van der Waals surface area (Å²) in [7, 11) is -3.83. The number of furan rings is 1. The van der Waals surface area contributed by atoms with E-state index in [9.17, 15) is 13.2 Å². The number of amides is 1. The molecule has 0 N–H and O–H groups in total. The minimum Gasteiger partial charge on any atom is -0.449 e. The molecule has 0 saturated carbocycles. The van der Waals surface area contributed by atoms with Gasteiger partial charge in [0.15, 0.2) is 11.3 Å². The summed E-state index contributed by atoms with van der Waals surface area (Å²) in [5, 5.41) is 0.706. The molecular weight excluding hydrogens is 448 g/mol. The fourth-order valence-electron chi connectivity index (χ4n) is 5.28. The van der Waals surface area contributed by atoms with E-state index in [4.69, 9.17) is 4.42 Å². The molecule has 0 bridgehead atoms. The van der Waals surface area contributed by atoms with Crippen LogP contribution in [0, 0.1) is 20.8 Å². The zero-order valence-corrected chi connectivity index (χ0v) is 21.0. The zero-order chi connectivity index (χ0) is 24.0. The predicted octanol–water partition coefficient (Wildman–Crippen LogP) is 5.12. The molecule has 0 spiro atoms. The van der Waals surface area contributed by atoms with Gasteiger partial charge in [-0.15, -0.1) is 0 Å². The highest BCUT2D eigenvalue weighted by Crippen LogP contribution is 2.37. The Labute approximate surface area is 201 Å². The van der Waals surface area contributed by atoms with E-state index in [2.05, 4.69) is 6.07 Å². The zero-order valence-electron chi connectivity index (χ0n) is 20.2. The standard InChI is InChI=1S/C27H32N2O4S/c1-18-16-23-20(3)24(27(30)28-13-8-4-5-9-14-28)33-25(23)26(19(18)2)34(31,32)29-15-12-21-10-6-7-11-22(21)17-29/h6-7,10-11,16H,4-5,8-9,12-15,17H2,1-3H3. The molecule has 0 radical (unpaired) electrons. The average molecular weight is 481 g/mol. The number of carbonyl (C=O) groups excluding carboxylic acids is 1. The van der Waals surface area contributed by atoms with Crippen molar-refractivity contribution in [3.8, 4) is 0 Å². The molecule has 34 heavy (non-hydrogen) atoms. The second-order valence-electron chi connectivity index (χ2n) is 9.64. The molecular formula is C27H32N2O4S. The van der Waals surface area contributed by atoms with E-state index in [-0.39, 0.29) is 16.6 Å². The first-order valence-corrected chi connectivity index (χ1v) is 13.6. The van der Waals surface area contributed by atoms with E-state index in [1.807, 2.05) is 49.9 Å². The Kier molecular flexibility index (Phi) is 6.02. The van der Waals surface area contributed by atoms with Crippen LogP contribution in [0.3, 0.4) is 0 Å². The van der Waals surface area contributed by atoms with Crippen molar-refractivity contribution < 1.29 is 17.6 Å². The van der Waals surface area contributed by atoms with Crippen LogP contribution in [0.1, 0.15) is 64.1 Å². The van der Waals surface area contributed by atoms with Gasteiger partial charge < -0.3 is 9.32 Å². The Morgan fingerprint density at radius 2 is 1.59 bits per heavy atom. The van der Waals surface area contributed by atoms with Crippen LogP contribution in [0.5, 0.6) is 0 Å². The molecule has 1 aromatic heterocycles. The topological polar surface area (TPSA) is 70.8 Å². The van der Waals surface area contributed by atoms with E-state index in [1.165, 1.54) is 5.56 Å². The van der Waals surface area contributed by atoms with Crippen molar-refractivity contribution in [2.75, 3.05) is 19.6 Å². The molecule has 2 aliphatic heterocycles. The lowest BCUT2D eigenvalue weighted by atomic mass is 10.0. The minimum absolute atomic E-state index is 0.138. The number of rotatable bonds is 3. The number of likely N-dealkylation sites (tertiary alicyclic amines) is 1. The van der Waals surface area contributed by atoms with Crippen molar-refractivity contribution in [1.29, 1.82) is 0 Å². The average Bonchev–Trinajstić information content (AvgIpc) is 3.00. The first-order valence-electron chi connectivity index (χ1n) is 12.2. The molecule has 180 valence electrons. The first-order chi connectivity index (χ1) is 16.3. The maximum absolute atomic E-state index is 14.0. The third-order valence-corrected chi connectivity index (χ3v) is 9.47. The molecule has 1 amide bonds. The molecule has 0 aliphatic carbocycles. The van der Waals surface area contributed by atoms with Crippen molar-refractivity contribution in [2.45, 2.75) is 64.3 Å². The molecule has 0 atom stereocenters. The van der Waals surface area contributed by atoms with Gasteiger partial charge in [-0.2, -0.15) is 4.31 Å². The number of hydrogen-bond acceptors (Lipinski definition) is 4. The van der Waals surface area contributed by atoms with Crippen LogP contribution in [0.25, 0.3) is 11.0 Å². The summed E-state index contributed by atoms with van der Waals surface area (Å²) >= 11 is 0. The highest BCUT2D eigenvalue weighted by molar-refractivity contribution is 7.89. The minimum atomic E-state index is -3.83. The van der Waals surface area contributed by atoms with E-state index in [0.717, 1.165) is 36.8 Å². The summed E-state index contributed by atoms with van der Waals surface area (Å²) in [6, 6.07) is 9.94. The van der Waals surface area contributed by atoms with Gasteiger partial charge in [-0.3, -0.25) is 4.79 Å². The number of hydrogen-bond donors (Lipinski definition) is 0. The number of sulfonamides is 1. The van der Waals surface area contributed by atoms with Crippen LogP contribution in [0.2, 0.25) is 0 Å². The lowest BCUT2D eigenvalue weighted by Gasteiger charge is -2.28. The SMILES string of the molecule is Cc1cc2c(C)c(C(=O)N3CCCCCC3)oc2c(S(=O)(=O)N2CCc3ccccc3C2)c1C. The van der Waals surface area contributed by atoms with Gasteiger partial charge in [0, 0.05) is 37.1 Å². The highest BCUT2D eigenvalue weighted by Gasteiger charge is 2.34. The Morgan fingerprint density at radius 3 is 2.29 bits per heavy atom. The van der Waals surface area contributed by atoms with Crippen LogP contribution in [0.4, 0.5) is 0 Å². The van der Waals surface area contributed by atoms with Gasteiger partial charge >= 0.3 is 0 Å². The van der Waals surface area contributed by atoms with Crippen molar-refractivity contribution in [3.05, 3.63) is 63.9 Å². The van der Waals surface area contributed by atoms with Crippen LogP contribution < -0.4 is 0 Å². The second-order valence-corrected chi connectivity index (χ2v) is 11.5. The summed E-state index contributed by atoms with van der Waals surface area (Å²) in [6.45, 7) is 7.80. The van der Waals surface area contributed by atoms with Crippen molar-refractivity contribution in [2.24, 2.45) is 0 Å². The third kappa shape index (κ3) is 3.85. The fourth-order valence-corrected chi connectivity index (χ4v) is 7.11. The number of benzene rings is 2. The molecule has 6 nitrogen and oxygen atoms in total. The summed E-state index contributed by atoms with van der Waals surface area (Å²) in [6.07, 6.45) is 4.91. The highest BCUT2D eigenvalue weighted by atomic mass is 32.2. The quantitative estimate of drug-likeness (QED) is 0.522. The van der Waals surface area contributed by atoms with Gasteiger partial charge in [-0.05, 0) is 68.4 Å². The monoisotopic (exact) mass is 480 g/mol. The molecule has 3 heterocycles.